The molecule has 0 radical (unpaired) electrons. The molecule has 92 valence electrons. The molecule has 1 aromatic heterocycles. The third kappa shape index (κ3) is 3.00. The Hall–Kier alpha value is -0.990. The zero-order chi connectivity index (χ0) is 12.1. The number of nitrogens with zero attached hydrogens (tertiary/aromatic N) is 2. The molecule has 1 rings (SSSR count). The first-order valence-electron chi connectivity index (χ1n) is 6.44. The largest absolute Gasteiger partial charge is 0.396 e. The van der Waals surface area contributed by atoms with E-state index >= 15 is 0 Å². The van der Waals surface area contributed by atoms with Gasteiger partial charge in [0.25, 0.3) is 0 Å². The fourth-order valence-corrected chi connectivity index (χ4v) is 2.03. The van der Waals surface area contributed by atoms with E-state index in [-0.39, 0.29) is 0 Å². The molecular weight excluding hydrogens is 198 g/mol. The SMILES string of the molecule is CCc1nn(CCCC(C)C)c(CC)c1N. The van der Waals surface area contributed by atoms with E-state index in [9.17, 15) is 0 Å². The summed E-state index contributed by atoms with van der Waals surface area (Å²) in [6.07, 6.45) is 4.34. The fourth-order valence-electron chi connectivity index (χ4n) is 2.03. The van der Waals surface area contributed by atoms with E-state index in [1.807, 2.05) is 0 Å². The molecule has 0 aliphatic carbocycles. The summed E-state index contributed by atoms with van der Waals surface area (Å²) < 4.78 is 2.11. The summed E-state index contributed by atoms with van der Waals surface area (Å²) in [4.78, 5) is 0. The molecule has 0 spiro atoms. The van der Waals surface area contributed by atoms with Gasteiger partial charge in [-0.25, -0.2) is 0 Å². The van der Waals surface area contributed by atoms with Gasteiger partial charge in [0.2, 0.25) is 0 Å². The third-order valence-electron chi connectivity index (χ3n) is 3.00. The number of hydrogen-bond acceptors (Lipinski definition) is 2. The minimum atomic E-state index is 0.767. The fraction of sp³-hybridized carbons (Fsp3) is 0.769. The molecule has 0 bridgehead atoms. The Labute approximate surface area is 99.0 Å². The molecule has 0 aromatic carbocycles. The summed E-state index contributed by atoms with van der Waals surface area (Å²) >= 11 is 0. The zero-order valence-corrected chi connectivity index (χ0v) is 11.1. The predicted octanol–water partition coefficient (Wildman–Crippen LogP) is 3.03. The number of nitrogens with two attached hydrogens (primary N) is 1. The van der Waals surface area contributed by atoms with Crippen molar-refractivity contribution in [2.75, 3.05) is 5.73 Å². The highest BCUT2D eigenvalue weighted by molar-refractivity contribution is 5.48. The summed E-state index contributed by atoms with van der Waals surface area (Å²) in [7, 11) is 0. The summed E-state index contributed by atoms with van der Waals surface area (Å²) in [5, 5.41) is 4.59. The summed E-state index contributed by atoms with van der Waals surface area (Å²) in [6.45, 7) is 9.78. The van der Waals surface area contributed by atoms with Crippen LogP contribution in [0, 0.1) is 5.92 Å². The molecule has 3 nitrogen and oxygen atoms in total. The first kappa shape index (κ1) is 13.1. The molecule has 0 saturated carbocycles. The van der Waals surface area contributed by atoms with Crippen molar-refractivity contribution in [2.24, 2.45) is 5.92 Å². The molecule has 2 N–H and O–H groups in total. The van der Waals surface area contributed by atoms with Crippen LogP contribution in [0.25, 0.3) is 0 Å². The molecule has 0 fully saturated rings. The Morgan fingerprint density at radius 3 is 2.44 bits per heavy atom. The molecule has 3 heteroatoms. The number of hydrogen-bond donors (Lipinski definition) is 1. The second-order valence-corrected chi connectivity index (χ2v) is 4.77. The van der Waals surface area contributed by atoms with Crippen LogP contribution < -0.4 is 5.73 Å². The maximum Gasteiger partial charge on any atom is 0.0854 e. The van der Waals surface area contributed by atoms with E-state index in [0.717, 1.165) is 36.7 Å². The molecular formula is C13H25N3. The van der Waals surface area contributed by atoms with Gasteiger partial charge in [-0.2, -0.15) is 5.10 Å². The summed E-state index contributed by atoms with van der Waals surface area (Å²) in [5.74, 6) is 0.767. The van der Waals surface area contributed by atoms with E-state index in [4.69, 9.17) is 5.73 Å². The van der Waals surface area contributed by atoms with E-state index < -0.39 is 0 Å². The number of aryl methyl sites for hydroxylation is 2. The van der Waals surface area contributed by atoms with Crippen LogP contribution in [0.3, 0.4) is 0 Å². The van der Waals surface area contributed by atoms with Gasteiger partial charge in [-0.3, -0.25) is 4.68 Å². The number of nitrogen functional groups attached to an aromatic ring is 1. The van der Waals surface area contributed by atoms with Gasteiger partial charge in [0.1, 0.15) is 0 Å². The van der Waals surface area contributed by atoms with Gasteiger partial charge in [0, 0.05) is 6.54 Å². The lowest BCUT2D eigenvalue weighted by Crippen LogP contribution is -2.06. The normalized spacial score (nSPS) is 11.3. The average molecular weight is 223 g/mol. The van der Waals surface area contributed by atoms with Crippen molar-refractivity contribution in [3.8, 4) is 0 Å². The van der Waals surface area contributed by atoms with Crippen LogP contribution in [0.15, 0.2) is 0 Å². The highest BCUT2D eigenvalue weighted by Crippen LogP contribution is 2.19. The highest BCUT2D eigenvalue weighted by atomic mass is 15.3. The van der Waals surface area contributed by atoms with Crippen molar-refractivity contribution >= 4 is 5.69 Å². The second kappa shape index (κ2) is 5.92. The molecule has 0 saturated heterocycles. The molecule has 0 unspecified atom stereocenters. The van der Waals surface area contributed by atoms with Crippen LogP contribution in [0.5, 0.6) is 0 Å². The zero-order valence-electron chi connectivity index (χ0n) is 11.1. The van der Waals surface area contributed by atoms with Crippen LogP contribution >= 0.6 is 0 Å². The lowest BCUT2D eigenvalue weighted by atomic mass is 10.1. The standard InChI is InChI=1S/C13H25N3/c1-5-11-13(14)12(6-2)16(15-11)9-7-8-10(3)4/h10H,5-9,14H2,1-4H3. The first-order chi connectivity index (χ1) is 7.60. The van der Waals surface area contributed by atoms with Crippen molar-refractivity contribution in [1.29, 1.82) is 0 Å². The summed E-state index contributed by atoms with van der Waals surface area (Å²) in [6, 6.07) is 0. The van der Waals surface area contributed by atoms with Crippen LogP contribution in [-0.4, -0.2) is 9.78 Å². The van der Waals surface area contributed by atoms with Crippen molar-refractivity contribution in [3.63, 3.8) is 0 Å². The quantitative estimate of drug-likeness (QED) is 0.805. The third-order valence-corrected chi connectivity index (χ3v) is 3.00. The summed E-state index contributed by atoms with van der Waals surface area (Å²) in [5.41, 5.74) is 9.25. The molecule has 1 heterocycles. The maximum absolute atomic E-state index is 6.07. The van der Waals surface area contributed by atoms with E-state index in [1.165, 1.54) is 18.5 Å². The van der Waals surface area contributed by atoms with E-state index in [0.29, 0.717) is 0 Å². The van der Waals surface area contributed by atoms with E-state index in [1.54, 1.807) is 0 Å². The Morgan fingerprint density at radius 2 is 1.94 bits per heavy atom. The molecule has 0 atom stereocenters. The van der Waals surface area contributed by atoms with Crippen molar-refractivity contribution < 1.29 is 0 Å². The number of rotatable bonds is 6. The van der Waals surface area contributed by atoms with Gasteiger partial charge in [0.15, 0.2) is 0 Å². The lowest BCUT2D eigenvalue weighted by molar-refractivity contribution is 0.479. The Bertz CT molecular complexity index is 326. The lowest BCUT2D eigenvalue weighted by Gasteiger charge is -2.07. The van der Waals surface area contributed by atoms with Crippen molar-refractivity contribution in [1.82, 2.24) is 9.78 Å². The van der Waals surface area contributed by atoms with Crippen LogP contribution in [0.4, 0.5) is 5.69 Å². The maximum atomic E-state index is 6.07. The molecule has 16 heavy (non-hydrogen) atoms. The predicted molar refractivity (Wildman–Crippen MR) is 69.5 cm³/mol. The first-order valence-corrected chi connectivity index (χ1v) is 6.44. The molecule has 0 aliphatic heterocycles. The van der Waals surface area contributed by atoms with E-state index in [2.05, 4.69) is 37.5 Å². The van der Waals surface area contributed by atoms with Gasteiger partial charge in [-0.05, 0) is 31.6 Å². The number of anilines is 1. The van der Waals surface area contributed by atoms with Gasteiger partial charge in [-0.15, -0.1) is 0 Å². The minimum absolute atomic E-state index is 0.767. The van der Waals surface area contributed by atoms with Crippen LogP contribution in [0.2, 0.25) is 0 Å². The molecule has 0 amide bonds. The molecule has 0 aliphatic rings. The minimum Gasteiger partial charge on any atom is -0.396 e. The highest BCUT2D eigenvalue weighted by Gasteiger charge is 2.11. The van der Waals surface area contributed by atoms with Gasteiger partial charge < -0.3 is 5.73 Å². The van der Waals surface area contributed by atoms with Crippen LogP contribution in [0.1, 0.15) is 51.9 Å². The molecule has 1 aromatic rings. The monoisotopic (exact) mass is 223 g/mol. The number of aromatic nitrogens is 2. The van der Waals surface area contributed by atoms with Gasteiger partial charge in [-0.1, -0.05) is 27.7 Å². The Balaban J connectivity index is 2.71. The Morgan fingerprint density at radius 1 is 1.25 bits per heavy atom. The topological polar surface area (TPSA) is 43.8 Å². The second-order valence-electron chi connectivity index (χ2n) is 4.77. The Kier molecular flexibility index (Phi) is 4.84. The smallest absolute Gasteiger partial charge is 0.0854 e. The average Bonchev–Trinajstić information content (AvgIpc) is 2.54. The van der Waals surface area contributed by atoms with Gasteiger partial charge >= 0.3 is 0 Å². The van der Waals surface area contributed by atoms with Crippen LogP contribution in [-0.2, 0) is 19.4 Å². The van der Waals surface area contributed by atoms with Crippen molar-refractivity contribution in [2.45, 2.75) is 59.9 Å². The van der Waals surface area contributed by atoms with Crippen molar-refractivity contribution in [3.05, 3.63) is 11.4 Å². The van der Waals surface area contributed by atoms with Gasteiger partial charge in [0.05, 0.1) is 17.1 Å².